The second kappa shape index (κ2) is 9.99. The van der Waals surface area contributed by atoms with E-state index in [0.717, 1.165) is 45.4 Å². The zero-order valence-electron chi connectivity index (χ0n) is 16.9. The van der Waals surface area contributed by atoms with Crippen molar-refractivity contribution in [3.05, 3.63) is 59.7 Å². The van der Waals surface area contributed by atoms with E-state index in [-0.39, 0.29) is 12.6 Å². The molecule has 160 valence electrons. The molecule has 0 unspecified atom stereocenters. The van der Waals surface area contributed by atoms with Crippen molar-refractivity contribution < 1.29 is 17.9 Å². The lowest BCUT2D eigenvalue weighted by atomic mass is 10.1. The van der Waals surface area contributed by atoms with Crippen molar-refractivity contribution in [1.82, 2.24) is 5.43 Å². The van der Waals surface area contributed by atoms with Crippen LogP contribution in [0.3, 0.4) is 0 Å². The molecule has 0 atom stereocenters. The highest BCUT2D eigenvalue weighted by Gasteiger charge is 2.21. The van der Waals surface area contributed by atoms with Crippen molar-refractivity contribution in [2.45, 2.75) is 19.4 Å². The molecule has 0 bridgehead atoms. The number of carbonyl (C=O) groups excluding carboxylic acids is 1. The summed E-state index contributed by atoms with van der Waals surface area (Å²) in [5.41, 5.74) is 4.69. The van der Waals surface area contributed by atoms with Crippen molar-refractivity contribution in [3.63, 3.8) is 0 Å². The largest absolute Gasteiger partial charge is 0.489 e. The van der Waals surface area contributed by atoms with Gasteiger partial charge in [0.15, 0.2) is 0 Å². The van der Waals surface area contributed by atoms with Gasteiger partial charge in [0.25, 0.3) is 5.91 Å². The van der Waals surface area contributed by atoms with E-state index in [9.17, 15) is 13.2 Å². The van der Waals surface area contributed by atoms with Crippen molar-refractivity contribution in [2.75, 3.05) is 28.6 Å². The van der Waals surface area contributed by atoms with Gasteiger partial charge in [-0.15, -0.1) is 0 Å². The summed E-state index contributed by atoms with van der Waals surface area (Å²) in [4.78, 5) is 12.3. The fourth-order valence-corrected chi connectivity index (χ4v) is 4.21. The Morgan fingerprint density at radius 3 is 2.60 bits per heavy atom. The molecule has 0 aromatic heterocycles. The first kappa shape index (κ1) is 22.2. The van der Waals surface area contributed by atoms with Crippen LogP contribution in [0.4, 0.5) is 5.69 Å². The van der Waals surface area contributed by atoms with Crippen LogP contribution in [0.2, 0.25) is 0 Å². The van der Waals surface area contributed by atoms with Crippen LogP contribution in [-0.4, -0.2) is 50.9 Å². The smallest absolute Gasteiger partial charge is 0.260 e. The highest BCUT2D eigenvalue weighted by atomic mass is 32.2. The number of benzene rings is 2. The lowest BCUT2D eigenvalue weighted by Gasteiger charge is -2.25. The molecule has 1 aliphatic rings. The third kappa shape index (κ3) is 6.24. The van der Waals surface area contributed by atoms with Crippen LogP contribution in [0.15, 0.2) is 53.6 Å². The van der Waals surface area contributed by atoms with Gasteiger partial charge in [-0.3, -0.25) is 9.10 Å². The van der Waals surface area contributed by atoms with Gasteiger partial charge in [0, 0.05) is 11.5 Å². The summed E-state index contributed by atoms with van der Waals surface area (Å²) in [6.07, 6.45) is 3.67. The molecule has 1 heterocycles. The minimum Gasteiger partial charge on any atom is -0.489 e. The van der Waals surface area contributed by atoms with E-state index in [1.807, 2.05) is 55.1 Å². The maximum absolute atomic E-state index is 12.3. The second-order valence-corrected chi connectivity index (χ2v) is 9.91. The monoisotopic (exact) mass is 447 g/mol. The SMILES string of the molecule is CCc1ccc(N(CC(=O)N/N=C\c2cccc(OC3CSC3)c2)S(C)(=O)=O)cc1. The van der Waals surface area contributed by atoms with Crippen LogP contribution in [0, 0.1) is 0 Å². The zero-order chi connectivity index (χ0) is 21.6. The Balaban J connectivity index is 1.60. The molecule has 9 heteroatoms. The first-order chi connectivity index (χ1) is 14.3. The first-order valence-corrected chi connectivity index (χ1v) is 12.6. The van der Waals surface area contributed by atoms with Crippen LogP contribution in [0.5, 0.6) is 5.75 Å². The predicted molar refractivity (Wildman–Crippen MR) is 122 cm³/mol. The zero-order valence-corrected chi connectivity index (χ0v) is 18.6. The van der Waals surface area contributed by atoms with Crippen LogP contribution in [0.1, 0.15) is 18.1 Å². The molecule has 0 saturated carbocycles. The van der Waals surface area contributed by atoms with E-state index in [0.29, 0.717) is 5.69 Å². The molecule has 1 fully saturated rings. The first-order valence-electron chi connectivity index (χ1n) is 9.58. The molecular formula is C21H25N3O4S2. The Kier molecular flexibility index (Phi) is 7.38. The Hall–Kier alpha value is -2.52. The molecule has 1 aliphatic heterocycles. The average Bonchev–Trinajstić information content (AvgIpc) is 2.69. The molecule has 30 heavy (non-hydrogen) atoms. The number of hydrogen-bond acceptors (Lipinski definition) is 6. The standard InChI is InChI=1S/C21H25N3O4S2/c1-3-16-7-9-18(10-8-16)24(30(2,26)27)13-21(25)23-22-12-17-5-4-6-19(11-17)28-20-14-29-15-20/h4-12,20H,3,13-15H2,1-2H3,(H,23,25)/b22-12-. The summed E-state index contributed by atoms with van der Waals surface area (Å²) in [5.74, 6) is 2.21. The third-order valence-corrected chi connectivity index (χ3v) is 6.85. The number of nitrogens with zero attached hydrogens (tertiary/aromatic N) is 2. The molecule has 3 rings (SSSR count). The van der Waals surface area contributed by atoms with Gasteiger partial charge in [-0.2, -0.15) is 16.9 Å². The van der Waals surface area contributed by atoms with Gasteiger partial charge >= 0.3 is 0 Å². The molecule has 2 aromatic rings. The highest BCUT2D eigenvalue weighted by Crippen LogP contribution is 2.24. The van der Waals surface area contributed by atoms with Crippen LogP contribution >= 0.6 is 11.8 Å². The number of ether oxygens (including phenoxy) is 1. The summed E-state index contributed by atoms with van der Waals surface area (Å²) < 4.78 is 31.2. The fourth-order valence-electron chi connectivity index (χ4n) is 2.79. The van der Waals surface area contributed by atoms with Gasteiger partial charge in [0.2, 0.25) is 10.0 Å². The minimum atomic E-state index is -3.62. The Labute approximate surface area is 181 Å². The topological polar surface area (TPSA) is 88.1 Å². The van der Waals surface area contributed by atoms with E-state index in [1.54, 1.807) is 12.1 Å². The molecule has 0 aliphatic carbocycles. The quantitative estimate of drug-likeness (QED) is 0.472. The summed E-state index contributed by atoms with van der Waals surface area (Å²) in [5, 5.41) is 3.95. The number of hydrogen-bond donors (Lipinski definition) is 1. The van der Waals surface area contributed by atoms with E-state index in [4.69, 9.17) is 4.74 Å². The number of anilines is 1. The number of carbonyl (C=O) groups is 1. The fraction of sp³-hybridized carbons (Fsp3) is 0.333. The van der Waals surface area contributed by atoms with Gasteiger partial charge < -0.3 is 4.74 Å². The van der Waals surface area contributed by atoms with Crippen molar-refractivity contribution in [1.29, 1.82) is 0 Å². The van der Waals surface area contributed by atoms with Gasteiger partial charge in [-0.1, -0.05) is 31.2 Å². The Morgan fingerprint density at radius 2 is 2.00 bits per heavy atom. The average molecular weight is 448 g/mol. The molecule has 1 amide bonds. The Morgan fingerprint density at radius 1 is 1.27 bits per heavy atom. The number of thioether (sulfide) groups is 1. The predicted octanol–water partition coefficient (Wildman–Crippen LogP) is 2.66. The van der Waals surface area contributed by atoms with E-state index in [2.05, 4.69) is 10.5 Å². The van der Waals surface area contributed by atoms with Gasteiger partial charge in [-0.25, -0.2) is 13.8 Å². The van der Waals surface area contributed by atoms with Gasteiger partial charge in [0.1, 0.15) is 18.4 Å². The second-order valence-electron chi connectivity index (χ2n) is 6.93. The molecule has 7 nitrogen and oxygen atoms in total. The molecular weight excluding hydrogens is 422 g/mol. The van der Waals surface area contributed by atoms with Crippen LogP contribution in [-0.2, 0) is 21.2 Å². The number of amides is 1. The molecule has 1 saturated heterocycles. The summed E-state index contributed by atoms with van der Waals surface area (Å²) in [6, 6.07) is 14.5. The van der Waals surface area contributed by atoms with E-state index < -0.39 is 15.9 Å². The number of aryl methyl sites for hydroxylation is 1. The van der Waals surface area contributed by atoms with E-state index in [1.165, 1.54) is 6.21 Å². The normalized spacial score (nSPS) is 14.3. The number of sulfonamides is 1. The van der Waals surface area contributed by atoms with Crippen LogP contribution in [0.25, 0.3) is 0 Å². The van der Waals surface area contributed by atoms with Gasteiger partial charge in [-0.05, 0) is 41.8 Å². The third-order valence-electron chi connectivity index (χ3n) is 4.49. The van der Waals surface area contributed by atoms with Crippen molar-refractivity contribution >= 4 is 39.6 Å². The molecule has 0 radical (unpaired) electrons. The molecule has 2 aromatic carbocycles. The lowest BCUT2D eigenvalue weighted by Crippen LogP contribution is -2.39. The number of rotatable bonds is 9. The number of nitrogens with one attached hydrogen (secondary N) is 1. The van der Waals surface area contributed by atoms with Crippen molar-refractivity contribution in [2.24, 2.45) is 5.10 Å². The lowest BCUT2D eigenvalue weighted by molar-refractivity contribution is -0.119. The van der Waals surface area contributed by atoms with E-state index >= 15 is 0 Å². The molecule has 1 N–H and O–H groups in total. The summed E-state index contributed by atoms with van der Waals surface area (Å²) in [6.45, 7) is 1.66. The maximum atomic E-state index is 12.3. The highest BCUT2D eigenvalue weighted by molar-refractivity contribution is 8.00. The number of hydrazone groups is 1. The summed E-state index contributed by atoms with van der Waals surface area (Å²) in [7, 11) is -3.62. The molecule has 0 spiro atoms. The maximum Gasteiger partial charge on any atom is 0.260 e. The van der Waals surface area contributed by atoms with Gasteiger partial charge in [0.05, 0.1) is 18.2 Å². The minimum absolute atomic E-state index is 0.246. The summed E-state index contributed by atoms with van der Waals surface area (Å²) >= 11 is 1.85. The Bertz CT molecular complexity index is 1000. The van der Waals surface area contributed by atoms with Crippen LogP contribution < -0.4 is 14.5 Å². The van der Waals surface area contributed by atoms with Crippen molar-refractivity contribution in [3.8, 4) is 5.75 Å².